The first-order chi connectivity index (χ1) is 7.42. The zero-order valence-corrected chi connectivity index (χ0v) is 8.89. The first-order valence-electron chi connectivity index (χ1n) is 5.77. The Hall–Kier alpha value is -1.31. The monoisotopic (exact) mass is 200 g/mol. The molecule has 2 fully saturated rings. The van der Waals surface area contributed by atoms with Gasteiger partial charge in [-0.05, 0) is 42.9 Å². The van der Waals surface area contributed by atoms with E-state index in [9.17, 15) is 0 Å². The molecule has 0 amide bonds. The molecular weight excluding hydrogens is 184 g/mol. The van der Waals surface area contributed by atoms with Crippen LogP contribution in [0.2, 0.25) is 0 Å². The van der Waals surface area contributed by atoms with Crippen LogP contribution in [0.1, 0.15) is 24.8 Å². The Labute approximate surface area is 90.6 Å². The van der Waals surface area contributed by atoms with Crippen LogP contribution >= 0.6 is 0 Å². The number of aromatic nitrogens is 1. The van der Waals surface area contributed by atoms with Crippen LogP contribution in [0.4, 0.5) is 0 Å². The van der Waals surface area contributed by atoms with Crippen molar-refractivity contribution in [3.8, 4) is 0 Å². The van der Waals surface area contributed by atoms with Gasteiger partial charge >= 0.3 is 0 Å². The Kier molecular flexibility index (Phi) is 2.20. The van der Waals surface area contributed by atoms with E-state index in [4.69, 9.17) is 0 Å². The Morgan fingerprint density at radius 2 is 2.40 bits per heavy atom. The van der Waals surface area contributed by atoms with E-state index in [1.165, 1.54) is 43.6 Å². The lowest BCUT2D eigenvalue weighted by atomic mass is 9.98. The van der Waals surface area contributed by atoms with E-state index in [1.807, 2.05) is 18.5 Å². The summed E-state index contributed by atoms with van der Waals surface area (Å²) in [6, 6.07) is 4.13. The Balaban J connectivity index is 1.84. The molecule has 3 rings (SSSR count). The van der Waals surface area contributed by atoms with E-state index in [0.717, 1.165) is 5.92 Å². The van der Waals surface area contributed by atoms with Crippen molar-refractivity contribution < 1.29 is 0 Å². The molecule has 0 aromatic carbocycles. The van der Waals surface area contributed by atoms with Gasteiger partial charge in [0.05, 0.1) is 0 Å². The maximum Gasteiger partial charge on any atom is 0.0340 e. The third-order valence-electron chi connectivity index (χ3n) is 3.52. The van der Waals surface area contributed by atoms with Crippen molar-refractivity contribution in [2.24, 2.45) is 5.92 Å². The molecule has 1 aromatic rings. The van der Waals surface area contributed by atoms with Gasteiger partial charge in [-0.1, -0.05) is 6.07 Å². The molecule has 1 atom stereocenters. The number of nitrogens with zero attached hydrogens (tertiary/aromatic N) is 2. The van der Waals surface area contributed by atoms with Crippen LogP contribution in [0.15, 0.2) is 30.2 Å². The summed E-state index contributed by atoms with van der Waals surface area (Å²) in [4.78, 5) is 6.69. The second-order valence-corrected chi connectivity index (χ2v) is 4.56. The molecule has 78 valence electrons. The SMILES string of the molecule is C(=C1CCC2CCN1C2)c1cccnc1. The van der Waals surface area contributed by atoms with Gasteiger partial charge in [0.2, 0.25) is 0 Å². The van der Waals surface area contributed by atoms with Gasteiger partial charge in [0, 0.05) is 31.2 Å². The summed E-state index contributed by atoms with van der Waals surface area (Å²) < 4.78 is 0. The number of hydrogen-bond acceptors (Lipinski definition) is 2. The Bertz CT molecular complexity index is 369. The smallest absolute Gasteiger partial charge is 0.0340 e. The van der Waals surface area contributed by atoms with Crippen LogP contribution in [-0.2, 0) is 0 Å². The highest BCUT2D eigenvalue weighted by Crippen LogP contribution is 2.33. The number of fused-ring (bicyclic) bond motifs is 2. The molecule has 0 saturated carbocycles. The molecular formula is C13H16N2. The second-order valence-electron chi connectivity index (χ2n) is 4.56. The lowest BCUT2D eigenvalue weighted by Crippen LogP contribution is -2.24. The highest BCUT2D eigenvalue weighted by molar-refractivity contribution is 5.51. The Morgan fingerprint density at radius 3 is 3.27 bits per heavy atom. The molecule has 2 heteroatoms. The fraction of sp³-hybridized carbons (Fsp3) is 0.462. The van der Waals surface area contributed by atoms with Crippen molar-refractivity contribution in [2.45, 2.75) is 19.3 Å². The number of allylic oxidation sites excluding steroid dienone is 1. The summed E-state index contributed by atoms with van der Waals surface area (Å²) in [5.74, 6) is 0.969. The summed E-state index contributed by atoms with van der Waals surface area (Å²) in [7, 11) is 0. The fourth-order valence-corrected chi connectivity index (χ4v) is 2.66. The van der Waals surface area contributed by atoms with E-state index in [-0.39, 0.29) is 0 Å². The number of pyridine rings is 1. The molecule has 0 aliphatic carbocycles. The van der Waals surface area contributed by atoms with Crippen LogP contribution in [0.25, 0.3) is 6.08 Å². The van der Waals surface area contributed by atoms with Crippen molar-refractivity contribution in [1.29, 1.82) is 0 Å². The van der Waals surface area contributed by atoms with Gasteiger partial charge < -0.3 is 4.90 Å². The first kappa shape index (κ1) is 8.96. The third kappa shape index (κ3) is 1.76. The van der Waals surface area contributed by atoms with Crippen LogP contribution in [0.5, 0.6) is 0 Å². The topological polar surface area (TPSA) is 16.1 Å². The highest BCUT2D eigenvalue weighted by atomic mass is 15.2. The molecule has 0 radical (unpaired) electrons. The Morgan fingerprint density at radius 1 is 1.40 bits per heavy atom. The van der Waals surface area contributed by atoms with Crippen molar-refractivity contribution in [3.05, 3.63) is 35.8 Å². The lowest BCUT2D eigenvalue weighted by molar-refractivity contribution is 0.338. The molecule has 1 unspecified atom stereocenters. The molecule has 1 aromatic heterocycles. The molecule has 0 N–H and O–H groups in total. The van der Waals surface area contributed by atoms with E-state index in [0.29, 0.717) is 0 Å². The average Bonchev–Trinajstić information content (AvgIpc) is 2.67. The van der Waals surface area contributed by atoms with Crippen molar-refractivity contribution in [2.75, 3.05) is 13.1 Å². The minimum Gasteiger partial charge on any atom is -0.375 e. The highest BCUT2D eigenvalue weighted by Gasteiger charge is 2.28. The molecule has 2 aliphatic heterocycles. The first-order valence-corrected chi connectivity index (χ1v) is 5.77. The maximum absolute atomic E-state index is 4.15. The summed E-state index contributed by atoms with van der Waals surface area (Å²) in [6.07, 6.45) is 10.1. The van der Waals surface area contributed by atoms with Gasteiger partial charge in [0.1, 0.15) is 0 Å². The van der Waals surface area contributed by atoms with Gasteiger partial charge in [-0.3, -0.25) is 4.98 Å². The molecule has 3 heterocycles. The van der Waals surface area contributed by atoms with E-state index < -0.39 is 0 Å². The summed E-state index contributed by atoms with van der Waals surface area (Å²) in [5.41, 5.74) is 2.74. The fourth-order valence-electron chi connectivity index (χ4n) is 2.66. The zero-order chi connectivity index (χ0) is 10.1. The quantitative estimate of drug-likeness (QED) is 0.692. The third-order valence-corrected chi connectivity index (χ3v) is 3.52. The molecule has 0 spiro atoms. The zero-order valence-electron chi connectivity index (χ0n) is 8.89. The number of piperidine rings is 1. The minimum absolute atomic E-state index is 0.969. The standard InChI is InChI=1S/C13H16N2/c1-2-12(9-14-6-1)8-13-4-3-11-5-7-15(13)10-11/h1-2,6,8-9,11H,3-5,7,10H2. The van der Waals surface area contributed by atoms with Crippen molar-refractivity contribution >= 4 is 6.08 Å². The van der Waals surface area contributed by atoms with Gasteiger partial charge in [0.25, 0.3) is 0 Å². The summed E-state index contributed by atoms with van der Waals surface area (Å²) in [5, 5.41) is 0. The van der Waals surface area contributed by atoms with E-state index >= 15 is 0 Å². The van der Waals surface area contributed by atoms with Gasteiger partial charge in [-0.25, -0.2) is 0 Å². The van der Waals surface area contributed by atoms with Crippen LogP contribution < -0.4 is 0 Å². The predicted molar refractivity (Wildman–Crippen MR) is 61.1 cm³/mol. The maximum atomic E-state index is 4.15. The lowest BCUT2D eigenvalue weighted by Gasteiger charge is -2.27. The molecule has 2 aliphatic rings. The molecule has 2 saturated heterocycles. The summed E-state index contributed by atoms with van der Waals surface area (Å²) in [6.45, 7) is 2.54. The van der Waals surface area contributed by atoms with Gasteiger partial charge in [-0.2, -0.15) is 0 Å². The predicted octanol–water partition coefficient (Wildman–Crippen LogP) is 2.54. The van der Waals surface area contributed by atoms with E-state index in [2.05, 4.69) is 22.0 Å². The number of hydrogen-bond donors (Lipinski definition) is 0. The van der Waals surface area contributed by atoms with E-state index in [1.54, 1.807) is 0 Å². The molecule has 2 nitrogen and oxygen atoms in total. The second kappa shape index (κ2) is 3.69. The van der Waals surface area contributed by atoms with Gasteiger partial charge in [0.15, 0.2) is 0 Å². The van der Waals surface area contributed by atoms with Gasteiger partial charge in [-0.15, -0.1) is 0 Å². The van der Waals surface area contributed by atoms with Crippen LogP contribution in [0, 0.1) is 5.92 Å². The normalized spacial score (nSPS) is 27.3. The number of rotatable bonds is 1. The molecule has 15 heavy (non-hydrogen) atoms. The molecule has 2 bridgehead atoms. The largest absolute Gasteiger partial charge is 0.375 e. The summed E-state index contributed by atoms with van der Waals surface area (Å²) >= 11 is 0. The minimum atomic E-state index is 0.969. The van der Waals surface area contributed by atoms with Crippen LogP contribution in [0.3, 0.4) is 0 Å². The van der Waals surface area contributed by atoms with Crippen molar-refractivity contribution in [3.63, 3.8) is 0 Å². The average molecular weight is 200 g/mol. The van der Waals surface area contributed by atoms with Crippen LogP contribution in [-0.4, -0.2) is 23.0 Å². The van der Waals surface area contributed by atoms with Crippen molar-refractivity contribution in [1.82, 2.24) is 9.88 Å².